The van der Waals surface area contributed by atoms with E-state index in [2.05, 4.69) is 22.4 Å². The Morgan fingerprint density at radius 1 is 1.50 bits per heavy atom. The Hall–Kier alpha value is -1.51. The van der Waals surface area contributed by atoms with E-state index in [0.717, 1.165) is 5.56 Å². The minimum Gasteiger partial charge on any atom is -0.464 e. The topological polar surface area (TPSA) is 38.7 Å². The van der Waals surface area contributed by atoms with Crippen LogP contribution in [0, 0.1) is 0 Å². The fourth-order valence-electron chi connectivity index (χ4n) is 1.32. The molecule has 0 spiro atoms. The molecule has 0 bridgehead atoms. The molecule has 16 heavy (non-hydrogen) atoms. The predicted molar refractivity (Wildman–Crippen MR) is 65.6 cm³/mol. The lowest BCUT2D eigenvalue weighted by molar-refractivity contribution is -0.144. The van der Waals surface area contributed by atoms with Crippen LogP contribution >= 0.6 is 12.2 Å². The van der Waals surface area contributed by atoms with Gasteiger partial charge in [0.2, 0.25) is 0 Å². The quantitative estimate of drug-likeness (QED) is 0.446. The SMILES string of the molecule is CCOC(=O)[C@H](Cc1ccccc1)N=C=S. The molecule has 4 heteroatoms. The number of hydrogen-bond donors (Lipinski definition) is 0. The number of esters is 1. The van der Waals surface area contributed by atoms with Crippen LogP contribution in [0.2, 0.25) is 0 Å². The smallest absolute Gasteiger partial charge is 0.332 e. The fraction of sp³-hybridized carbons (Fsp3) is 0.333. The molecule has 3 nitrogen and oxygen atoms in total. The standard InChI is InChI=1S/C12H13NO2S/c1-2-15-12(14)11(13-9-16)8-10-6-4-3-5-7-10/h3-7,11H,2,8H2,1H3/t11-/m0/s1. The minimum atomic E-state index is -0.583. The Bertz CT molecular complexity index is 385. The van der Waals surface area contributed by atoms with E-state index in [4.69, 9.17) is 4.74 Å². The predicted octanol–water partition coefficient (Wildman–Crippen LogP) is 2.26. The first-order chi connectivity index (χ1) is 7.77. The Kier molecular flexibility index (Phi) is 5.40. The first-order valence-electron chi connectivity index (χ1n) is 5.05. The van der Waals surface area contributed by atoms with Crippen molar-refractivity contribution in [3.05, 3.63) is 35.9 Å². The zero-order chi connectivity index (χ0) is 11.8. The average Bonchev–Trinajstić information content (AvgIpc) is 2.30. The van der Waals surface area contributed by atoms with Crippen LogP contribution in [0.25, 0.3) is 0 Å². The Balaban J connectivity index is 2.72. The van der Waals surface area contributed by atoms with Crippen molar-refractivity contribution in [3.8, 4) is 0 Å². The lowest BCUT2D eigenvalue weighted by atomic mass is 10.1. The van der Waals surface area contributed by atoms with Crippen LogP contribution in [0.3, 0.4) is 0 Å². The lowest BCUT2D eigenvalue weighted by Gasteiger charge is -2.09. The van der Waals surface area contributed by atoms with Crippen molar-refractivity contribution >= 4 is 23.3 Å². The number of rotatable bonds is 5. The highest BCUT2D eigenvalue weighted by molar-refractivity contribution is 7.78. The van der Waals surface area contributed by atoms with Crippen molar-refractivity contribution in [1.29, 1.82) is 0 Å². The highest BCUT2D eigenvalue weighted by Crippen LogP contribution is 2.07. The summed E-state index contributed by atoms with van der Waals surface area (Å²) >= 11 is 4.52. The third kappa shape index (κ3) is 3.93. The second-order valence-corrected chi connectivity index (χ2v) is 3.36. The lowest BCUT2D eigenvalue weighted by Crippen LogP contribution is -2.23. The van der Waals surface area contributed by atoms with Gasteiger partial charge in [0.05, 0.1) is 11.8 Å². The first kappa shape index (κ1) is 12.6. The Morgan fingerprint density at radius 2 is 2.19 bits per heavy atom. The van der Waals surface area contributed by atoms with Gasteiger partial charge < -0.3 is 4.74 Å². The van der Waals surface area contributed by atoms with E-state index in [1.165, 1.54) is 0 Å². The number of carbonyl (C=O) groups excluding carboxylic acids is 1. The van der Waals surface area contributed by atoms with Crippen molar-refractivity contribution in [1.82, 2.24) is 0 Å². The van der Waals surface area contributed by atoms with E-state index < -0.39 is 6.04 Å². The number of thiocarbonyl (C=S) groups is 1. The molecule has 0 fully saturated rings. The molecular formula is C12H13NO2S. The molecule has 0 aromatic heterocycles. The second-order valence-electron chi connectivity index (χ2n) is 3.18. The van der Waals surface area contributed by atoms with Gasteiger partial charge in [-0.05, 0) is 24.7 Å². The van der Waals surface area contributed by atoms with Gasteiger partial charge in [-0.2, -0.15) is 0 Å². The summed E-state index contributed by atoms with van der Waals surface area (Å²) in [6.07, 6.45) is 0.489. The summed E-state index contributed by atoms with van der Waals surface area (Å²) in [5, 5.41) is 2.23. The van der Waals surface area contributed by atoms with E-state index >= 15 is 0 Å². The van der Waals surface area contributed by atoms with E-state index in [1.807, 2.05) is 30.3 Å². The summed E-state index contributed by atoms with van der Waals surface area (Å²) in [6.45, 7) is 2.11. The molecule has 0 radical (unpaired) electrons. The molecule has 1 rings (SSSR count). The minimum absolute atomic E-state index is 0.344. The third-order valence-corrected chi connectivity index (χ3v) is 2.14. The molecule has 0 saturated heterocycles. The van der Waals surface area contributed by atoms with Crippen molar-refractivity contribution in [2.45, 2.75) is 19.4 Å². The molecule has 0 N–H and O–H groups in total. The Labute approximate surface area is 100 Å². The summed E-state index contributed by atoms with van der Waals surface area (Å²) in [5.41, 5.74) is 1.02. The maximum Gasteiger partial charge on any atom is 0.332 e. The molecular weight excluding hydrogens is 222 g/mol. The van der Waals surface area contributed by atoms with Gasteiger partial charge in [0, 0.05) is 6.42 Å². The van der Waals surface area contributed by atoms with Gasteiger partial charge in [-0.1, -0.05) is 30.3 Å². The molecule has 0 saturated carbocycles. The normalized spacial score (nSPS) is 11.3. The van der Waals surface area contributed by atoms with Gasteiger partial charge in [0.1, 0.15) is 0 Å². The fourth-order valence-corrected chi connectivity index (χ4v) is 1.45. The van der Waals surface area contributed by atoms with Crippen LogP contribution in [0.15, 0.2) is 35.3 Å². The summed E-state index contributed by atoms with van der Waals surface area (Å²) in [5.74, 6) is -0.358. The zero-order valence-corrected chi connectivity index (χ0v) is 9.87. The molecule has 0 aliphatic heterocycles. The van der Waals surface area contributed by atoms with Gasteiger partial charge in [-0.3, -0.25) is 0 Å². The van der Waals surface area contributed by atoms with Crippen LogP contribution in [-0.2, 0) is 16.0 Å². The summed E-state index contributed by atoms with van der Waals surface area (Å²) < 4.78 is 4.91. The molecule has 1 atom stereocenters. The van der Waals surface area contributed by atoms with Crippen molar-refractivity contribution in [3.63, 3.8) is 0 Å². The van der Waals surface area contributed by atoms with Crippen LogP contribution in [0.4, 0.5) is 0 Å². The number of aliphatic imine (C=N–C) groups is 1. The second kappa shape index (κ2) is 6.88. The van der Waals surface area contributed by atoms with E-state index in [1.54, 1.807) is 6.92 Å². The van der Waals surface area contributed by atoms with Gasteiger partial charge >= 0.3 is 5.97 Å². The number of isothiocyanates is 1. The van der Waals surface area contributed by atoms with E-state index in [0.29, 0.717) is 13.0 Å². The Morgan fingerprint density at radius 3 is 2.75 bits per heavy atom. The van der Waals surface area contributed by atoms with Crippen LogP contribution in [0.1, 0.15) is 12.5 Å². The number of nitrogens with zero attached hydrogens (tertiary/aromatic N) is 1. The molecule has 84 valence electrons. The molecule has 1 aromatic rings. The summed E-state index contributed by atoms with van der Waals surface area (Å²) in [4.78, 5) is 15.4. The average molecular weight is 235 g/mol. The van der Waals surface area contributed by atoms with Gasteiger partial charge in [-0.25, -0.2) is 9.79 Å². The summed E-state index contributed by atoms with van der Waals surface area (Å²) in [7, 11) is 0. The zero-order valence-electron chi connectivity index (χ0n) is 9.05. The maximum atomic E-state index is 11.5. The molecule has 0 amide bonds. The molecule has 0 unspecified atom stereocenters. The van der Waals surface area contributed by atoms with Crippen molar-refractivity contribution in [2.75, 3.05) is 6.61 Å². The van der Waals surface area contributed by atoms with Crippen LogP contribution in [0.5, 0.6) is 0 Å². The monoisotopic (exact) mass is 235 g/mol. The van der Waals surface area contributed by atoms with Crippen LogP contribution < -0.4 is 0 Å². The number of benzene rings is 1. The molecule has 0 heterocycles. The highest BCUT2D eigenvalue weighted by Gasteiger charge is 2.18. The van der Waals surface area contributed by atoms with Gasteiger partial charge in [0.25, 0.3) is 0 Å². The number of ether oxygens (including phenoxy) is 1. The molecule has 0 aliphatic carbocycles. The summed E-state index contributed by atoms with van der Waals surface area (Å²) in [6, 6.07) is 9.04. The van der Waals surface area contributed by atoms with E-state index in [9.17, 15) is 4.79 Å². The van der Waals surface area contributed by atoms with Crippen molar-refractivity contribution in [2.24, 2.45) is 4.99 Å². The van der Waals surface area contributed by atoms with Crippen molar-refractivity contribution < 1.29 is 9.53 Å². The highest BCUT2D eigenvalue weighted by atomic mass is 32.1. The molecule has 1 aromatic carbocycles. The number of hydrogen-bond acceptors (Lipinski definition) is 4. The van der Waals surface area contributed by atoms with Gasteiger partial charge in [-0.15, -0.1) is 0 Å². The maximum absolute atomic E-state index is 11.5. The third-order valence-electron chi connectivity index (χ3n) is 2.04. The number of carbonyl (C=O) groups is 1. The van der Waals surface area contributed by atoms with E-state index in [-0.39, 0.29) is 5.97 Å². The molecule has 0 aliphatic rings. The largest absolute Gasteiger partial charge is 0.464 e. The van der Waals surface area contributed by atoms with Crippen LogP contribution in [-0.4, -0.2) is 23.8 Å². The van der Waals surface area contributed by atoms with Gasteiger partial charge in [0.15, 0.2) is 6.04 Å². The first-order valence-corrected chi connectivity index (χ1v) is 5.46.